The predicted octanol–water partition coefficient (Wildman–Crippen LogP) is -1.03. The van der Waals surface area contributed by atoms with E-state index in [0.717, 1.165) is 0 Å². The van der Waals surface area contributed by atoms with Gasteiger partial charge in [-0.3, -0.25) is 0 Å². The van der Waals surface area contributed by atoms with E-state index >= 15 is 0 Å². The highest BCUT2D eigenvalue weighted by molar-refractivity contribution is 14.1. The molecule has 92 valence electrons. The third-order valence-corrected chi connectivity index (χ3v) is 3.69. The van der Waals surface area contributed by atoms with E-state index in [2.05, 4.69) is 5.10 Å². The molecule has 0 aromatic carbocycles. The molecule has 0 spiro atoms. The van der Waals surface area contributed by atoms with Crippen LogP contribution in [0.5, 0.6) is 0 Å². The van der Waals surface area contributed by atoms with Crippen LogP contribution in [0.2, 0.25) is 0 Å². The molecule has 1 aromatic heterocycles. The zero-order valence-corrected chi connectivity index (χ0v) is 10.7. The second-order valence-corrected chi connectivity index (χ2v) is 4.66. The Morgan fingerprint density at radius 3 is 2.71 bits per heavy atom. The van der Waals surface area contributed by atoms with E-state index in [1.165, 1.54) is 10.9 Å². The Morgan fingerprint density at radius 2 is 2.24 bits per heavy atom. The summed E-state index contributed by atoms with van der Waals surface area (Å²) < 4.78 is 7.13. The van der Waals surface area contributed by atoms with Crippen LogP contribution in [0.4, 0.5) is 0 Å². The van der Waals surface area contributed by atoms with Gasteiger partial charge in [-0.1, -0.05) is 0 Å². The molecule has 1 aromatic rings. The number of hydrogen-bond donors (Lipinski definition) is 3. The van der Waals surface area contributed by atoms with Crippen molar-refractivity contribution in [2.75, 3.05) is 6.61 Å². The molecule has 0 radical (unpaired) electrons. The van der Waals surface area contributed by atoms with Crippen molar-refractivity contribution in [1.82, 2.24) is 9.78 Å². The summed E-state index contributed by atoms with van der Waals surface area (Å²) in [6, 6.07) is 1.95. The first-order chi connectivity index (χ1) is 8.10. The molecule has 7 nitrogen and oxygen atoms in total. The third-order valence-electron chi connectivity index (χ3n) is 2.61. The molecule has 3 N–H and O–H groups in total. The Balaban J connectivity index is 2.29. The second-order valence-electron chi connectivity index (χ2n) is 3.63. The second kappa shape index (κ2) is 4.87. The SMILES string of the molecule is N#Cc1cnn([C@@H]2O[C@H](CO)[C@@H](O)[C@H]2O)c1I. The van der Waals surface area contributed by atoms with Crippen molar-refractivity contribution < 1.29 is 20.1 Å². The monoisotopic (exact) mass is 351 g/mol. The average Bonchev–Trinajstić information content (AvgIpc) is 2.82. The molecule has 0 saturated carbocycles. The standard InChI is InChI=1S/C9H10IN3O4/c10-8-4(1-11)2-12-13(8)9-7(16)6(15)5(3-14)17-9/h2,5-7,9,14-16H,3H2/t5-,6-,7-,9-/m1/s1. The summed E-state index contributed by atoms with van der Waals surface area (Å²) in [5, 5.41) is 41.1. The highest BCUT2D eigenvalue weighted by Gasteiger charge is 2.44. The number of hydrogen-bond acceptors (Lipinski definition) is 6. The molecule has 17 heavy (non-hydrogen) atoms. The van der Waals surface area contributed by atoms with E-state index in [4.69, 9.17) is 15.1 Å². The zero-order chi connectivity index (χ0) is 12.6. The third kappa shape index (κ3) is 2.04. The number of aromatic nitrogens is 2. The van der Waals surface area contributed by atoms with Crippen LogP contribution in [0.25, 0.3) is 0 Å². The fraction of sp³-hybridized carbons (Fsp3) is 0.556. The van der Waals surface area contributed by atoms with Gasteiger partial charge in [0.2, 0.25) is 0 Å². The highest BCUT2D eigenvalue weighted by Crippen LogP contribution is 2.30. The lowest BCUT2D eigenvalue weighted by molar-refractivity contribution is -0.0599. The summed E-state index contributed by atoms with van der Waals surface area (Å²) in [5.41, 5.74) is 0.364. The smallest absolute Gasteiger partial charge is 0.180 e. The van der Waals surface area contributed by atoms with Gasteiger partial charge in [-0.2, -0.15) is 10.4 Å². The van der Waals surface area contributed by atoms with Gasteiger partial charge >= 0.3 is 0 Å². The average molecular weight is 351 g/mol. The van der Waals surface area contributed by atoms with Crippen LogP contribution in [0, 0.1) is 15.0 Å². The molecule has 2 heterocycles. The Hall–Kier alpha value is -0.730. The van der Waals surface area contributed by atoms with Crippen LogP contribution >= 0.6 is 22.6 Å². The molecular weight excluding hydrogens is 341 g/mol. The number of aliphatic hydroxyl groups is 3. The summed E-state index contributed by atoms with van der Waals surface area (Å²) in [5.74, 6) is 0. The summed E-state index contributed by atoms with van der Waals surface area (Å²) >= 11 is 1.90. The van der Waals surface area contributed by atoms with Crippen molar-refractivity contribution >= 4 is 22.6 Å². The summed E-state index contributed by atoms with van der Waals surface area (Å²) in [7, 11) is 0. The highest BCUT2D eigenvalue weighted by atomic mass is 127. The van der Waals surface area contributed by atoms with Gasteiger partial charge in [-0.15, -0.1) is 0 Å². The van der Waals surface area contributed by atoms with Crippen molar-refractivity contribution in [1.29, 1.82) is 5.26 Å². The summed E-state index contributed by atoms with van der Waals surface area (Å²) in [4.78, 5) is 0. The summed E-state index contributed by atoms with van der Waals surface area (Å²) in [6.45, 7) is -0.391. The number of nitrogens with zero attached hydrogens (tertiary/aromatic N) is 3. The van der Waals surface area contributed by atoms with Crippen LogP contribution in [-0.2, 0) is 4.74 Å². The molecular formula is C9H10IN3O4. The van der Waals surface area contributed by atoms with Gasteiger partial charge in [0.25, 0.3) is 0 Å². The fourth-order valence-corrected chi connectivity index (χ4v) is 2.34. The van der Waals surface area contributed by atoms with Crippen molar-refractivity contribution in [3.8, 4) is 6.07 Å². The van der Waals surface area contributed by atoms with Gasteiger partial charge in [-0.05, 0) is 22.6 Å². The first-order valence-electron chi connectivity index (χ1n) is 4.85. The first kappa shape index (κ1) is 12.7. The molecule has 1 saturated heterocycles. The maximum Gasteiger partial charge on any atom is 0.180 e. The number of ether oxygens (including phenoxy) is 1. The Kier molecular flexibility index (Phi) is 3.64. The molecule has 0 amide bonds. The van der Waals surface area contributed by atoms with E-state index in [1.54, 1.807) is 0 Å². The number of aliphatic hydroxyl groups excluding tert-OH is 3. The molecule has 4 atom stereocenters. The Bertz CT molecular complexity index is 458. The van der Waals surface area contributed by atoms with Crippen molar-refractivity contribution in [3.63, 3.8) is 0 Å². The number of nitriles is 1. The molecule has 8 heteroatoms. The van der Waals surface area contributed by atoms with Crippen LogP contribution in [-0.4, -0.2) is 50.0 Å². The van der Waals surface area contributed by atoms with Gasteiger partial charge in [-0.25, -0.2) is 4.68 Å². The number of rotatable bonds is 2. The maximum absolute atomic E-state index is 9.79. The van der Waals surface area contributed by atoms with Gasteiger partial charge in [0.15, 0.2) is 6.23 Å². The lowest BCUT2D eigenvalue weighted by Gasteiger charge is -2.15. The topological polar surface area (TPSA) is 112 Å². The minimum absolute atomic E-state index is 0.364. The minimum Gasteiger partial charge on any atom is -0.394 e. The molecule has 1 aliphatic heterocycles. The van der Waals surface area contributed by atoms with Gasteiger partial charge in [0, 0.05) is 0 Å². The maximum atomic E-state index is 9.79. The van der Waals surface area contributed by atoms with Crippen molar-refractivity contribution in [2.45, 2.75) is 24.5 Å². The van der Waals surface area contributed by atoms with E-state index < -0.39 is 31.1 Å². The fourth-order valence-electron chi connectivity index (χ4n) is 1.68. The van der Waals surface area contributed by atoms with E-state index in [0.29, 0.717) is 9.26 Å². The molecule has 0 aliphatic carbocycles. The van der Waals surface area contributed by atoms with E-state index in [9.17, 15) is 10.2 Å². The van der Waals surface area contributed by atoms with Gasteiger partial charge < -0.3 is 20.1 Å². The molecule has 0 bridgehead atoms. The quantitative estimate of drug-likeness (QED) is 0.588. The lowest BCUT2D eigenvalue weighted by Crippen LogP contribution is -2.33. The Morgan fingerprint density at radius 1 is 1.53 bits per heavy atom. The van der Waals surface area contributed by atoms with Crippen LogP contribution in [0.15, 0.2) is 6.20 Å². The molecule has 0 unspecified atom stereocenters. The van der Waals surface area contributed by atoms with E-state index in [1.807, 2.05) is 28.7 Å². The minimum atomic E-state index is -1.19. The van der Waals surface area contributed by atoms with E-state index in [-0.39, 0.29) is 0 Å². The lowest BCUT2D eigenvalue weighted by atomic mass is 10.1. The Labute approximate surface area is 110 Å². The van der Waals surface area contributed by atoms with Gasteiger partial charge in [0.05, 0.1) is 12.8 Å². The van der Waals surface area contributed by atoms with Gasteiger partial charge in [0.1, 0.15) is 33.6 Å². The molecule has 1 fully saturated rings. The predicted molar refractivity (Wildman–Crippen MR) is 62.7 cm³/mol. The summed E-state index contributed by atoms with van der Waals surface area (Å²) in [6.07, 6.45) is -2.74. The molecule has 1 aliphatic rings. The van der Waals surface area contributed by atoms with Crippen molar-refractivity contribution in [2.24, 2.45) is 0 Å². The largest absolute Gasteiger partial charge is 0.394 e. The first-order valence-corrected chi connectivity index (χ1v) is 5.93. The molecule has 2 rings (SSSR count). The zero-order valence-electron chi connectivity index (χ0n) is 8.56. The van der Waals surface area contributed by atoms with Crippen LogP contribution in [0.3, 0.4) is 0 Å². The van der Waals surface area contributed by atoms with Crippen molar-refractivity contribution in [3.05, 3.63) is 15.5 Å². The van der Waals surface area contributed by atoms with Crippen LogP contribution in [0.1, 0.15) is 11.8 Å². The van der Waals surface area contributed by atoms with Crippen LogP contribution < -0.4 is 0 Å². The number of halogens is 1. The normalized spacial score (nSPS) is 32.6.